The molecule has 0 radical (unpaired) electrons. The number of nitrogens with zero attached hydrogens (tertiary/aromatic N) is 3. The molecule has 0 spiro atoms. The fourth-order valence-corrected chi connectivity index (χ4v) is 5.03. The molecule has 1 fully saturated rings. The van der Waals surface area contributed by atoms with E-state index in [0.717, 1.165) is 74.0 Å². The van der Waals surface area contributed by atoms with E-state index < -0.39 is 0 Å². The van der Waals surface area contributed by atoms with Gasteiger partial charge in [0.1, 0.15) is 11.5 Å². The van der Waals surface area contributed by atoms with Crippen molar-refractivity contribution in [2.45, 2.75) is 34.2 Å². The third kappa shape index (κ3) is 6.87. The Morgan fingerprint density at radius 2 is 1.42 bits per heavy atom. The second kappa shape index (κ2) is 13.3. The van der Waals surface area contributed by atoms with Crippen LogP contribution in [0, 0.1) is 0 Å². The summed E-state index contributed by atoms with van der Waals surface area (Å²) in [4.78, 5) is 19.4. The SMILES string of the molecule is CCOc1cccc(-c2cc(CN3CCN(c4ccc(C(=O)N(CC)CC)cc4)CC3)cc(OCC)c2)c1. The topological polar surface area (TPSA) is 45.2 Å². The third-order valence-corrected chi connectivity index (χ3v) is 7.06. The van der Waals surface area contributed by atoms with Crippen molar-refractivity contribution < 1.29 is 14.3 Å². The van der Waals surface area contributed by atoms with Gasteiger partial charge in [-0.15, -0.1) is 0 Å². The molecular weight excluding hydrogens is 474 g/mol. The van der Waals surface area contributed by atoms with Crippen LogP contribution in [0.5, 0.6) is 11.5 Å². The largest absolute Gasteiger partial charge is 0.494 e. The number of rotatable bonds is 11. The fraction of sp³-hybridized carbons (Fsp3) is 0.406. The van der Waals surface area contributed by atoms with Gasteiger partial charge in [0.2, 0.25) is 0 Å². The molecule has 0 aliphatic carbocycles. The van der Waals surface area contributed by atoms with Crippen LogP contribution in [0.2, 0.25) is 0 Å². The minimum Gasteiger partial charge on any atom is -0.494 e. The van der Waals surface area contributed by atoms with Gasteiger partial charge in [0.05, 0.1) is 13.2 Å². The summed E-state index contributed by atoms with van der Waals surface area (Å²) in [5, 5.41) is 0. The van der Waals surface area contributed by atoms with Crippen LogP contribution in [-0.4, -0.2) is 68.2 Å². The molecule has 0 bridgehead atoms. The van der Waals surface area contributed by atoms with Crippen molar-refractivity contribution >= 4 is 11.6 Å². The van der Waals surface area contributed by atoms with E-state index in [4.69, 9.17) is 9.47 Å². The molecule has 38 heavy (non-hydrogen) atoms. The smallest absolute Gasteiger partial charge is 0.253 e. The van der Waals surface area contributed by atoms with Gasteiger partial charge in [-0.3, -0.25) is 9.69 Å². The first-order chi connectivity index (χ1) is 18.5. The molecule has 6 heteroatoms. The van der Waals surface area contributed by atoms with Crippen LogP contribution in [0.1, 0.15) is 43.6 Å². The summed E-state index contributed by atoms with van der Waals surface area (Å²) in [6.07, 6.45) is 0. The second-order valence-electron chi connectivity index (χ2n) is 9.55. The predicted molar refractivity (Wildman–Crippen MR) is 155 cm³/mol. The summed E-state index contributed by atoms with van der Waals surface area (Å²) in [7, 11) is 0. The molecule has 0 unspecified atom stereocenters. The highest BCUT2D eigenvalue weighted by Gasteiger charge is 2.19. The van der Waals surface area contributed by atoms with Gasteiger partial charge >= 0.3 is 0 Å². The molecule has 0 atom stereocenters. The summed E-state index contributed by atoms with van der Waals surface area (Å²) < 4.78 is 11.6. The van der Waals surface area contributed by atoms with Crippen LogP contribution in [0.4, 0.5) is 5.69 Å². The lowest BCUT2D eigenvalue weighted by Crippen LogP contribution is -2.46. The highest BCUT2D eigenvalue weighted by Crippen LogP contribution is 2.30. The first-order valence-electron chi connectivity index (χ1n) is 13.9. The minimum atomic E-state index is 0.102. The number of hydrogen-bond donors (Lipinski definition) is 0. The molecule has 0 aromatic heterocycles. The summed E-state index contributed by atoms with van der Waals surface area (Å²) in [6.45, 7) is 15.6. The Bertz CT molecular complexity index is 1180. The normalized spacial score (nSPS) is 13.8. The first kappa shape index (κ1) is 27.5. The maximum Gasteiger partial charge on any atom is 0.253 e. The Labute approximate surface area is 227 Å². The second-order valence-corrected chi connectivity index (χ2v) is 9.55. The highest BCUT2D eigenvalue weighted by atomic mass is 16.5. The van der Waals surface area contributed by atoms with Crippen LogP contribution >= 0.6 is 0 Å². The summed E-state index contributed by atoms with van der Waals surface area (Å²) in [5.74, 6) is 1.89. The van der Waals surface area contributed by atoms with E-state index in [9.17, 15) is 4.79 Å². The van der Waals surface area contributed by atoms with Gasteiger partial charge in [-0.1, -0.05) is 12.1 Å². The zero-order chi connectivity index (χ0) is 26.9. The van der Waals surface area contributed by atoms with E-state index in [1.54, 1.807) is 0 Å². The summed E-state index contributed by atoms with van der Waals surface area (Å²) in [5.41, 5.74) is 5.46. The molecule has 1 saturated heterocycles. The summed E-state index contributed by atoms with van der Waals surface area (Å²) in [6, 6.07) is 22.9. The number of carbonyl (C=O) groups excluding carboxylic acids is 1. The number of piperazine rings is 1. The Kier molecular flexibility index (Phi) is 9.66. The molecule has 202 valence electrons. The van der Waals surface area contributed by atoms with Crippen molar-refractivity contribution in [3.05, 3.63) is 77.9 Å². The van der Waals surface area contributed by atoms with E-state index in [2.05, 4.69) is 52.3 Å². The van der Waals surface area contributed by atoms with Crippen LogP contribution in [-0.2, 0) is 6.54 Å². The van der Waals surface area contributed by atoms with E-state index >= 15 is 0 Å². The van der Waals surface area contributed by atoms with E-state index in [1.807, 2.05) is 56.9 Å². The Morgan fingerprint density at radius 1 is 0.763 bits per heavy atom. The van der Waals surface area contributed by atoms with E-state index in [0.29, 0.717) is 13.2 Å². The molecule has 0 N–H and O–H groups in total. The average molecular weight is 516 g/mol. The van der Waals surface area contributed by atoms with Crippen LogP contribution in [0.3, 0.4) is 0 Å². The Balaban J connectivity index is 1.41. The van der Waals surface area contributed by atoms with Crippen LogP contribution in [0.15, 0.2) is 66.7 Å². The zero-order valence-corrected chi connectivity index (χ0v) is 23.3. The van der Waals surface area contributed by atoms with Gasteiger partial charge in [-0.25, -0.2) is 0 Å². The molecule has 6 nitrogen and oxygen atoms in total. The molecule has 1 aliphatic heterocycles. The minimum absolute atomic E-state index is 0.102. The molecule has 1 amide bonds. The van der Waals surface area contributed by atoms with Crippen molar-refractivity contribution in [3.63, 3.8) is 0 Å². The first-order valence-corrected chi connectivity index (χ1v) is 13.9. The van der Waals surface area contributed by atoms with Gasteiger partial charge in [-0.2, -0.15) is 0 Å². The zero-order valence-electron chi connectivity index (χ0n) is 23.3. The Hall–Kier alpha value is -3.51. The molecule has 1 heterocycles. The van der Waals surface area contributed by atoms with Gasteiger partial charge < -0.3 is 19.3 Å². The van der Waals surface area contributed by atoms with Crippen molar-refractivity contribution in [1.29, 1.82) is 0 Å². The predicted octanol–water partition coefficient (Wildman–Crippen LogP) is 5.96. The molecule has 1 aliphatic rings. The highest BCUT2D eigenvalue weighted by molar-refractivity contribution is 5.94. The molecule has 3 aromatic rings. The van der Waals surface area contributed by atoms with Gasteiger partial charge in [0.25, 0.3) is 5.91 Å². The number of benzene rings is 3. The van der Waals surface area contributed by atoms with Crippen molar-refractivity contribution in [3.8, 4) is 22.6 Å². The Morgan fingerprint density at radius 3 is 2.08 bits per heavy atom. The lowest BCUT2D eigenvalue weighted by molar-refractivity contribution is 0.0773. The maximum atomic E-state index is 12.6. The number of anilines is 1. The number of hydrogen-bond acceptors (Lipinski definition) is 5. The van der Waals surface area contributed by atoms with Gasteiger partial charge in [0.15, 0.2) is 0 Å². The number of carbonyl (C=O) groups is 1. The van der Waals surface area contributed by atoms with Gasteiger partial charge in [-0.05, 0) is 99.0 Å². The third-order valence-electron chi connectivity index (χ3n) is 7.06. The van der Waals surface area contributed by atoms with Crippen LogP contribution in [0.25, 0.3) is 11.1 Å². The number of ether oxygens (including phenoxy) is 2. The van der Waals surface area contributed by atoms with Crippen LogP contribution < -0.4 is 14.4 Å². The lowest BCUT2D eigenvalue weighted by Gasteiger charge is -2.36. The fourth-order valence-electron chi connectivity index (χ4n) is 5.03. The van der Waals surface area contributed by atoms with E-state index in [1.165, 1.54) is 11.3 Å². The monoisotopic (exact) mass is 515 g/mol. The van der Waals surface area contributed by atoms with Crippen molar-refractivity contribution in [1.82, 2.24) is 9.80 Å². The summed E-state index contributed by atoms with van der Waals surface area (Å²) >= 11 is 0. The van der Waals surface area contributed by atoms with E-state index in [-0.39, 0.29) is 5.91 Å². The standard InChI is InChI=1S/C32H41N3O3/c1-5-34(6-2)32(36)26-12-14-29(15-13-26)35-18-16-33(17-19-35)24-25-20-28(23-31(21-25)38-8-4)27-10-9-11-30(22-27)37-7-3/h9-15,20-23H,5-8,16-19,24H2,1-4H3. The quantitative estimate of drug-likeness (QED) is 0.316. The number of amides is 1. The molecular formula is C32H41N3O3. The molecule has 0 saturated carbocycles. The molecule has 4 rings (SSSR count). The van der Waals surface area contributed by atoms with Gasteiger partial charge in [0, 0.05) is 57.1 Å². The average Bonchev–Trinajstić information content (AvgIpc) is 2.95. The van der Waals surface area contributed by atoms with Crippen molar-refractivity contribution in [2.24, 2.45) is 0 Å². The molecule has 3 aromatic carbocycles. The lowest BCUT2D eigenvalue weighted by atomic mass is 10.0. The maximum absolute atomic E-state index is 12.6. The van der Waals surface area contributed by atoms with Crippen molar-refractivity contribution in [2.75, 3.05) is 57.4 Å².